The molecule has 0 N–H and O–H groups in total. The average molecular weight is 107 g/mol. The molecule has 2 nitrogen and oxygen atoms in total. The van der Waals surface area contributed by atoms with Crippen molar-refractivity contribution in [3.05, 3.63) is 6.42 Å². The van der Waals surface area contributed by atoms with Crippen LogP contribution in [0.1, 0.15) is 19.3 Å². The molecule has 0 fully saturated rings. The molecule has 0 amide bonds. The van der Waals surface area contributed by atoms with Crippen LogP contribution in [0.2, 0.25) is 0 Å². The molecule has 2 heteroatoms. The van der Waals surface area contributed by atoms with Gasteiger partial charge in [0.05, 0.1) is 12.1 Å². The van der Waals surface area contributed by atoms with Gasteiger partial charge in [0.15, 0.2) is 0 Å². The van der Waals surface area contributed by atoms with Gasteiger partial charge in [0.1, 0.15) is 0 Å². The first kappa shape index (κ1) is 6.98. The highest BCUT2D eigenvalue weighted by Gasteiger charge is 1.83. The van der Waals surface area contributed by atoms with Crippen molar-refractivity contribution in [1.29, 1.82) is 10.5 Å². The van der Waals surface area contributed by atoms with E-state index in [0.29, 0.717) is 12.8 Å². The van der Waals surface area contributed by atoms with Crippen molar-refractivity contribution < 1.29 is 0 Å². The third-order valence-electron chi connectivity index (χ3n) is 0.696. The summed E-state index contributed by atoms with van der Waals surface area (Å²) >= 11 is 0. The van der Waals surface area contributed by atoms with Gasteiger partial charge in [-0.1, -0.05) is 0 Å². The van der Waals surface area contributed by atoms with E-state index in [1.165, 1.54) is 0 Å². The second-order valence-electron chi connectivity index (χ2n) is 1.35. The second-order valence-corrected chi connectivity index (χ2v) is 1.35. The van der Waals surface area contributed by atoms with Crippen LogP contribution in [0.4, 0.5) is 0 Å². The molecule has 1 radical (unpaired) electrons. The molecule has 41 valence electrons. The van der Waals surface area contributed by atoms with Gasteiger partial charge in [-0.15, -0.1) is 0 Å². The van der Waals surface area contributed by atoms with Gasteiger partial charge in [0.25, 0.3) is 0 Å². The number of nitriles is 2. The van der Waals surface area contributed by atoms with Gasteiger partial charge in [-0.25, -0.2) is 0 Å². The number of nitrogens with zero attached hydrogens (tertiary/aromatic N) is 2. The summed E-state index contributed by atoms with van der Waals surface area (Å²) in [6.45, 7) is 0. The fourth-order valence-electron chi connectivity index (χ4n) is 0.333. The molecule has 0 aliphatic heterocycles. The van der Waals surface area contributed by atoms with E-state index in [-0.39, 0.29) is 0 Å². The highest BCUT2D eigenvalue weighted by molar-refractivity contribution is 4.83. The fourth-order valence-corrected chi connectivity index (χ4v) is 0.333. The van der Waals surface area contributed by atoms with Crippen LogP contribution >= 0.6 is 0 Å². The summed E-state index contributed by atoms with van der Waals surface area (Å²) in [6.07, 6.45) is 3.54. The Bertz CT molecular complexity index is 99.5. The van der Waals surface area contributed by atoms with Crippen LogP contribution in [-0.4, -0.2) is 0 Å². The van der Waals surface area contributed by atoms with Crippen molar-refractivity contribution in [1.82, 2.24) is 0 Å². The van der Waals surface area contributed by atoms with Crippen LogP contribution in [0.3, 0.4) is 0 Å². The van der Waals surface area contributed by atoms with Crippen LogP contribution in [0.25, 0.3) is 0 Å². The zero-order valence-corrected chi connectivity index (χ0v) is 4.59. The molecule has 0 aromatic rings. The molecule has 0 aromatic carbocycles. The summed E-state index contributed by atoms with van der Waals surface area (Å²) in [5.74, 6) is 0. The fraction of sp³-hybridized carbons (Fsp3) is 0.500. The van der Waals surface area contributed by atoms with Gasteiger partial charge in [-0.2, -0.15) is 10.5 Å². The molecule has 8 heavy (non-hydrogen) atoms. The largest absolute Gasteiger partial charge is 0.198 e. The number of hydrogen-bond donors (Lipinski definition) is 0. The topological polar surface area (TPSA) is 47.6 Å². The lowest BCUT2D eigenvalue weighted by atomic mass is 10.2. The lowest BCUT2D eigenvalue weighted by molar-refractivity contribution is 0.946. The van der Waals surface area contributed by atoms with E-state index < -0.39 is 0 Å². The number of hydrogen-bond acceptors (Lipinski definition) is 2. The smallest absolute Gasteiger partial charge is 0.0624 e. The Morgan fingerprint density at radius 2 is 2.00 bits per heavy atom. The van der Waals surface area contributed by atoms with Crippen molar-refractivity contribution in [2.24, 2.45) is 0 Å². The van der Waals surface area contributed by atoms with Crippen LogP contribution < -0.4 is 0 Å². The molecule has 0 heterocycles. The number of rotatable bonds is 3. The van der Waals surface area contributed by atoms with E-state index in [0.717, 1.165) is 6.42 Å². The van der Waals surface area contributed by atoms with Crippen molar-refractivity contribution in [3.8, 4) is 12.1 Å². The Kier molecular flexibility index (Phi) is 5.22. The Hall–Kier alpha value is -1.02. The summed E-state index contributed by atoms with van der Waals surface area (Å²) in [4.78, 5) is 0. The first-order valence-electron chi connectivity index (χ1n) is 2.47. The van der Waals surface area contributed by atoms with E-state index in [1.807, 2.05) is 18.6 Å². The maximum Gasteiger partial charge on any atom is 0.0624 e. The van der Waals surface area contributed by atoms with Gasteiger partial charge in [-0.05, 0) is 12.8 Å². The molecular weight excluding hydrogens is 100 g/mol. The van der Waals surface area contributed by atoms with Crippen molar-refractivity contribution >= 4 is 0 Å². The molecule has 0 spiro atoms. The Balaban J connectivity index is 2.77. The van der Waals surface area contributed by atoms with Crippen LogP contribution in [0, 0.1) is 29.1 Å². The third kappa shape index (κ3) is 4.98. The van der Waals surface area contributed by atoms with E-state index in [1.54, 1.807) is 0 Å². The summed E-state index contributed by atoms with van der Waals surface area (Å²) in [6, 6.07) is 3.95. The Labute approximate surface area is 49.3 Å². The first-order valence-corrected chi connectivity index (χ1v) is 2.47. The second kappa shape index (κ2) is 5.98. The zero-order valence-electron chi connectivity index (χ0n) is 4.59. The van der Waals surface area contributed by atoms with Gasteiger partial charge >= 0.3 is 0 Å². The van der Waals surface area contributed by atoms with Gasteiger partial charge in [0, 0.05) is 12.8 Å². The molecule has 0 atom stereocenters. The molecule has 0 aromatic heterocycles. The predicted molar refractivity (Wildman–Crippen MR) is 29.4 cm³/mol. The summed E-state index contributed by atoms with van der Waals surface area (Å²) < 4.78 is 0. The summed E-state index contributed by atoms with van der Waals surface area (Å²) in [5.41, 5.74) is 0. The third-order valence-corrected chi connectivity index (χ3v) is 0.696. The normalized spacial score (nSPS) is 7.25. The molecule has 0 bridgehead atoms. The van der Waals surface area contributed by atoms with Crippen LogP contribution in [0.5, 0.6) is 0 Å². The molecule has 0 unspecified atom stereocenters. The molecule has 0 aliphatic carbocycles. The maximum absolute atomic E-state index is 8.01. The highest BCUT2D eigenvalue weighted by atomic mass is 14.2. The molecule has 0 rings (SSSR count). The van der Waals surface area contributed by atoms with E-state index in [9.17, 15) is 0 Å². The minimum atomic E-state index is 0.460. The van der Waals surface area contributed by atoms with Crippen LogP contribution in [0.15, 0.2) is 0 Å². The van der Waals surface area contributed by atoms with E-state index in [2.05, 4.69) is 0 Å². The maximum atomic E-state index is 8.01. The van der Waals surface area contributed by atoms with E-state index >= 15 is 0 Å². The quantitative estimate of drug-likeness (QED) is 0.512. The Morgan fingerprint density at radius 1 is 1.25 bits per heavy atom. The van der Waals surface area contributed by atoms with Crippen molar-refractivity contribution in [2.75, 3.05) is 0 Å². The molecule has 0 aliphatic rings. The highest BCUT2D eigenvalue weighted by Crippen LogP contribution is 1.94. The van der Waals surface area contributed by atoms with Crippen LogP contribution in [-0.2, 0) is 0 Å². The minimum absolute atomic E-state index is 0.460. The summed E-state index contributed by atoms with van der Waals surface area (Å²) in [7, 11) is 0. The lowest BCUT2D eigenvalue weighted by Crippen LogP contribution is -1.72. The monoisotopic (exact) mass is 107 g/mol. The van der Waals surface area contributed by atoms with Crippen molar-refractivity contribution in [2.45, 2.75) is 19.3 Å². The standard InChI is InChI=1S/C6H7N2/c7-5-3-1-2-4-6-8/h1H,2-4H2. The average Bonchev–Trinajstić information content (AvgIpc) is 1.81. The lowest BCUT2D eigenvalue weighted by Gasteiger charge is -1.82. The Morgan fingerprint density at radius 3 is 2.50 bits per heavy atom. The zero-order chi connectivity index (χ0) is 6.24. The molecule has 0 saturated carbocycles. The number of unbranched alkanes of at least 4 members (excludes halogenated alkanes) is 3. The predicted octanol–water partition coefficient (Wildman–Crippen LogP) is 1.41. The van der Waals surface area contributed by atoms with Gasteiger partial charge in [0.2, 0.25) is 0 Å². The molecule has 0 saturated heterocycles. The molecular formula is C6H7N2. The van der Waals surface area contributed by atoms with Gasteiger partial charge in [-0.3, -0.25) is 0 Å². The van der Waals surface area contributed by atoms with Crippen molar-refractivity contribution in [3.63, 3.8) is 0 Å². The SMILES string of the molecule is N#CC[CH]CCC#N. The van der Waals surface area contributed by atoms with Gasteiger partial charge < -0.3 is 0 Å². The minimum Gasteiger partial charge on any atom is -0.198 e. The summed E-state index contributed by atoms with van der Waals surface area (Å²) in [5, 5.41) is 16.0. The first-order chi connectivity index (χ1) is 3.91. The van der Waals surface area contributed by atoms with E-state index in [4.69, 9.17) is 10.5 Å².